The van der Waals surface area contributed by atoms with Gasteiger partial charge in [0, 0.05) is 24.4 Å². The number of nitrogens with two attached hydrogens (primary N) is 1. The topological polar surface area (TPSA) is 58.4 Å². The molecule has 0 aliphatic carbocycles. The number of rotatable bonds is 3. The molecule has 0 bridgehead atoms. The predicted molar refractivity (Wildman–Crippen MR) is 75.3 cm³/mol. The van der Waals surface area contributed by atoms with Crippen LogP contribution in [0, 0.1) is 0 Å². The van der Waals surface area contributed by atoms with Gasteiger partial charge in [0.2, 0.25) is 0 Å². The van der Waals surface area contributed by atoms with Crippen LogP contribution < -0.4 is 11.3 Å². The van der Waals surface area contributed by atoms with Gasteiger partial charge < -0.3 is 0 Å². The lowest BCUT2D eigenvalue weighted by atomic mass is 10.1. The van der Waals surface area contributed by atoms with Crippen molar-refractivity contribution in [2.45, 2.75) is 13.0 Å². The zero-order valence-corrected chi connectivity index (χ0v) is 11.2. The summed E-state index contributed by atoms with van der Waals surface area (Å²) in [4.78, 5) is 13.9. The summed E-state index contributed by atoms with van der Waals surface area (Å²) in [6.07, 6.45) is 1.24. The molecule has 0 unspecified atom stereocenters. The molecule has 1 fully saturated rings. The molecule has 1 aromatic carbocycles. The van der Waals surface area contributed by atoms with E-state index in [0.29, 0.717) is 5.56 Å². The normalized spacial score (nSPS) is 17.2. The molecule has 1 aliphatic rings. The van der Waals surface area contributed by atoms with Gasteiger partial charge in [0.15, 0.2) is 0 Å². The Kier molecular flexibility index (Phi) is 5.04. The van der Waals surface area contributed by atoms with Crippen molar-refractivity contribution in [3.05, 3.63) is 35.4 Å². The van der Waals surface area contributed by atoms with Gasteiger partial charge in [0.25, 0.3) is 5.91 Å². The third kappa shape index (κ3) is 3.73. The first-order valence-corrected chi connectivity index (χ1v) is 7.35. The first-order chi connectivity index (χ1) is 8.79. The first-order valence-electron chi connectivity index (χ1n) is 6.19. The maximum atomic E-state index is 11.5. The van der Waals surface area contributed by atoms with Gasteiger partial charge in [-0.1, -0.05) is 12.1 Å². The Morgan fingerprint density at radius 2 is 2.28 bits per heavy atom. The molecule has 3 N–H and O–H groups in total. The molecule has 18 heavy (non-hydrogen) atoms. The molecule has 1 saturated heterocycles. The number of carbonyl (C=O) groups is 1. The summed E-state index contributed by atoms with van der Waals surface area (Å²) in [6.45, 7) is 3.17. The van der Waals surface area contributed by atoms with Crippen LogP contribution in [0.2, 0.25) is 0 Å². The Bertz CT molecular complexity index is 403. The SMILES string of the molecule is NNC(=O)c1cccc(CN2CCCSCC2)c1. The fourth-order valence-electron chi connectivity index (χ4n) is 2.11. The van der Waals surface area contributed by atoms with Gasteiger partial charge in [0.1, 0.15) is 0 Å². The lowest BCUT2D eigenvalue weighted by Gasteiger charge is -2.19. The third-order valence-electron chi connectivity index (χ3n) is 3.04. The van der Waals surface area contributed by atoms with E-state index in [9.17, 15) is 4.79 Å². The van der Waals surface area contributed by atoms with E-state index >= 15 is 0 Å². The van der Waals surface area contributed by atoms with E-state index in [1.165, 1.54) is 23.5 Å². The van der Waals surface area contributed by atoms with Gasteiger partial charge >= 0.3 is 0 Å². The van der Waals surface area contributed by atoms with E-state index in [0.717, 1.165) is 19.6 Å². The lowest BCUT2D eigenvalue weighted by molar-refractivity contribution is 0.0953. The van der Waals surface area contributed by atoms with E-state index in [1.807, 2.05) is 23.9 Å². The Morgan fingerprint density at radius 3 is 3.11 bits per heavy atom. The number of amides is 1. The van der Waals surface area contributed by atoms with Gasteiger partial charge in [0.05, 0.1) is 0 Å². The second kappa shape index (κ2) is 6.78. The van der Waals surface area contributed by atoms with E-state index in [-0.39, 0.29) is 5.91 Å². The number of carbonyl (C=O) groups excluding carboxylic acids is 1. The highest BCUT2D eigenvalue weighted by atomic mass is 32.2. The van der Waals surface area contributed by atoms with Crippen molar-refractivity contribution < 1.29 is 4.79 Å². The van der Waals surface area contributed by atoms with E-state index in [1.54, 1.807) is 6.07 Å². The summed E-state index contributed by atoms with van der Waals surface area (Å²) in [6, 6.07) is 7.67. The number of hydrogen-bond acceptors (Lipinski definition) is 4. The van der Waals surface area contributed by atoms with Crippen molar-refractivity contribution in [3.8, 4) is 0 Å². The third-order valence-corrected chi connectivity index (χ3v) is 4.09. The van der Waals surface area contributed by atoms with Crippen LogP contribution in [0.1, 0.15) is 22.3 Å². The Labute approximate surface area is 112 Å². The number of benzene rings is 1. The van der Waals surface area contributed by atoms with Gasteiger partial charge in [-0.2, -0.15) is 11.8 Å². The molecular formula is C13H19N3OS. The fourth-order valence-corrected chi connectivity index (χ4v) is 3.03. The molecule has 98 valence electrons. The minimum absolute atomic E-state index is 0.233. The molecular weight excluding hydrogens is 246 g/mol. The molecule has 1 aromatic rings. The summed E-state index contributed by atoms with van der Waals surface area (Å²) < 4.78 is 0. The van der Waals surface area contributed by atoms with Crippen LogP contribution in [0.3, 0.4) is 0 Å². The highest BCUT2D eigenvalue weighted by Crippen LogP contribution is 2.14. The van der Waals surface area contributed by atoms with Crippen molar-refractivity contribution in [1.29, 1.82) is 0 Å². The van der Waals surface area contributed by atoms with E-state index in [2.05, 4.69) is 16.4 Å². The maximum absolute atomic E-state index is 11.5. The van der Waals surface area contributed by atoms with Crippen LogP contribution >= 0.6 is 11.8 Å². The highest BCUT2D eigenvalue weighted by molar-refractivity contribution is 7.99. The van der Waals surface area contributed by atoms with Crippen molar-refractivity contribution in [3.63, 3.8) is 0 Å². The molecule has 1 heterocycles. The van der Waals surface area contributed by atoms with Crippen LogP contribution in [-0.4, -0.2) is 35.4 Å². The van der Waals surface area contributed by atoms with Gasteiger partial charge in [-0.3, -0.25) is 15.1 Å². The number of hydrogen-bond donors (Lipinski definition) is 2. The van der Waals surface area contributed by atoms with E-state index in [4.69, 9.17) is 5.84 Å². The number of thioether (sulfide) groups is 1. The number of nitrogens with one attached hydrogen (secondary N) is 1. The second-order valence-corrected chi connectivity index (χ2v) is 5.64. The summed E-state index contributed by atoms with van der Waals surface area (Å²) >= 11 is 2.02. The maximum Gasteiger partial charge on any atom is 0.265 e. The fraction of sp³-hybridized carbons (Fsp3) is 0.462. The number of hydrazine groups is 1. The average molecular weight is 265 g/mol. The minimum Gasteiger partial charge on any atom is -0.298 e. The molecule has 1 aliphatic heterocycles. The second-order valence-electron chi connectivity index (χ2n) is 4.42. The minimum atomic E-state index is -0.233. The van der Waals surface area contributed by atoms with Crippen LogP contribution in [0.25, 0.3) is 0 Å². The zero-order chi connectivity index (χ0) is 12.8. The molecule has 0 spiro atoms. The predicted octanol–water partition coefficient (Wildman–Crippen LogP) is 1.23. The monoisotopic (exact) mass is 265 g/mol. The van der Waals surface area contributed by atoms with Gasteiger partial charge in [-0.25, -0.2) is 5.84 Å². The molecule has 1 amide bonds. The molecule has 2 rings (SSSR count). The Morgan fingerprint density at radius 1 is 1.39 bits per heavy atom. The largest absolute Gasteiger partial charge is 0.298 e. The van der Waals surface area contributed by atoms with Crippen LogP contribution in [-0.2, 0) is 6.54 Å². The van der Waals surface area contributed by atoms with Crippen LogP contribution in [0.5, 0.6) is 0 Å². The quantitative estimate of drug-likeness (QED) is 0.490. The Balaban J connectivity index is 2.01. The highest BCUT2D eigenvalue weighted by Gasteiger charge is 2.10. The molecule has 5 heteroatoms. The number of nitrogens with zero attached hydrogens (tertiary/aromatic N) is 1. The zero-order valence-electron chi connectivity index (χ0n) is 10.4. The molecule has 0 aromatic heterocycles. The van der Waals surface area contributed by atoms with Crippen LogP contribution in [0.15, 0.2) is 24.3 Å². The lowest BCUT2D eigenvalue weighted by Crippen LogP contribution is -2.30. The van der Waals surface area contributed by atoms with Gasteiger partial charge in [-0.15, -0.1) is 0 Å². The van der Waals surface area contributed by atoms with Crippen molar-refractivity contribution >= 4 is 17.7 Å². The number of nitrogen functional groups attached to an aromatic ring is 1. The Hall–Kier alpha value is -1.04. The molecule has 4 nitrogen and oxygen atoms in total. The summed E-state index contributed by atoms with van der Waals surface area (Å²) in [5.41, 5.74) is 3.96. The van der Waals surface area contributed by atoms with Crippen molar-refractivity contribution in [2.24, 2.45) is 5.84 Å². The van der Waals surface area contributed by atoms with Crippen molar-refractivity contribution in [2.75, 3.05) is 24.6 Å². The molecule has 0 atom stereocenters. The van der Waals surface area contributed by atoms with E-state index < -0.39 is 0 Å². The standard InChI is InChI=1S/C13H19N3OS/c14-15-13(17)12-4-1-3-11(9-12)10-16-5-2-7-18-8-6-16/h1,3-4,9H,2,5-8,10,14H2,(H,15,17). The first kappa shape index (κ1) is 13.4. The van der Waals surface area contributed by atoms with Gasteiger partial charge in [-0.05, 0) is 36.4 Å². The summed E-state index contributed by atoms with van der Waals surface area (Å²) in [5, 5.41) is 0. The van der Waals surface area contributed by atoms with Crippen molar-refractivity contribution in [1.82, 2.24) is 10.3 Å². The summed E-state index contributed by atoms with van der Waals surface area (Å²) in [5.74, 6) is 7.37. The molecule has 0 radical (unpaired) electrons. The smallest absolute Gasteiger partial charge is 0.265 e. The average Bonchev–Trinajstić information content (AvgIpc) is 2.67. The molecule has 0 saturated carbocycles. The summed E-state index contributed by atoms with van der Waals surface area (Å²) in [7, 11) is 0. The van der Waals surface area contributed by atoms with Crippen LogP contribution in [0.4, 0.5) is 0 Å².